The standard InChI is InChI=1S/C15H14N4O4/c1-8(20)19-11(9-5-3-2-4-6-9)7-10(18-19)12-13(21)16-15(23)17-14(12)22/h2-6,11-12H,7H2,1H3,(H2,16,17,21,22,23). The summed E-state index contributed by atoms with van der Waals surface area (Å²) in [5, 5.41) is 9.51. The number of barbiturate groups is 1. The van der Waals surface area contributed by atoms with E-state index in [-0.39, 0.29) is 24.1 Å². The second kappa shape index (κ2) is 5.64. The Morgan fingerprint density at radius 2 is 1.74 bits per heavy atom. The molecule has 8 heteroatoms. The summed E-state index contributed by atoms with van der Waals surface area (Å²) in [6.45, 7) is 1.37. The third-order valence-electron chi connectivity index (χ3n) is 3.77. The van der Waals surface area contributed by atoms with Crippen LogP contribution in [0.4, 0.5) is 4.79 Å². The number of carbonyl (C=O) groups is 4. The molecule has 0 aromatic heterocycles. The number of carbonyl (C=O) groups excluding carboxylic acids is 4. The van der Waals surface area contributed by atoms with Crippen LogP contribution in [0, 0.1) is 5.92 Å². The molecule has 0 saturated carbocycles. The lowest BCUT2D eigenvalue weighted by atomic mass is 9.93. The Morgan fingerprint density at radius 3 is 2.30 bits per heavy atom. The number of nitrogens with zero attached hydrogens (tertiary/aromatic N) is 2. The van der Waals surface area contributed by atoms with Crippen molar-refractivity contribution in [1.29, 1.82) is 0 Å². The maximum Gasteiger partial charge on any atom is 0.328 e. The number of rotatable bonds is 2. The van der Waals surface area contributed by atoms with Gasteiger partial charge in [-0.3, -0.25) is 25.0 Å². The molecule has 2 heterocycles. The quantitative estimate of drug-likeness (QED) is 0.766. The highest BCUT2D eigenvalue weighted by molar-refractivity contribution is 6.28. The fraction of sp³-hybridized carbons (Fsp3) is 0.267. The van der Waals surface area contributed by atoms with Gasteiger partial charge in [0.2, 0.25) is 17.7 Å². The maximum atomic E-state index is 11.9. The molecule has 0 radical (unpaired) electrons. The topological polar surface area (TPSA) is 108 Å². The van der Waals surface area contributed by atoms with Crippen LogP contribution in [-0.2, 0) is 14.4 Å². The normalized spacial score (nSPS) is 21.8. The molecule has 1 aromatic rings. The zero-order chi connectivity index (χ0) is 16.6. The van der Waals surface area contributed by atoms with Crippen molar-refractivity contribution in [3.8, 4) is 0 Å². The molecule has 5 amide bonds. The van der Waals surface area contributed by atoms with Crippen molar-refractivity contribution >= 4 is 29.5 Å². The highest BCUT2D eigenvalue weighted by atomic mass is 16.2. The highest BCUT2D eigenvalue weighted by Gasteiger charge is 2.43. The van der Waals surface area contributed by atoms with Gasteiger partial charge < -0.3 is 0 Å². The first-order valence-corrected chi connectivity index (χ1v) is 7.05. The molecule has 2 aliphatic heterocycles. The van der Waals surface area contributed by atoms with E-state index in [0.29, 0.717) is 0 Å². The maximum absolute atomic E-state index is 11.9. The summed E-state index contributed by atoms with van der Waals surface area (Å²) < 4.78 is 0. The Hall–Kier alpha value is -3.03. The molecular formula is C15H14N4O4. The largest absolute Gasteiger partial charge is 0.328 e. The molecule has 1 unspecified atom stereocenters. The molecule has 2 N–H and O–H groups in total. The molecule has 0 bridgehead atoms. The van der Waals surface area contributed by atoms with Crippen molar-refractivity contribution in [2.45, 2.75) is 19.4 Å². The first kappa shape index (κ1) is 14.9. The summed E-state index contributed by atoms with van der Waals surface area (Å²) in [6, 6.07) is 8.01. The summed E-state index contributed by atoms with van der Waals surface area (Å²) in [6.07, 6.45) is 0.253. The van der Waals surface area contributed by atoms with Crippen LogP contribution in [0.2, 0.25) is 0 Å². The summed E-state index contributed by atoms with van der Waals surface area (Å²) in [7, 11) is 0. The second-order valence-corrected chi connectivity index (χ2v) is 5.33. The van der Waals surface area contributed by atoms with Gasteiger partial charge in [-0.2, -0.15) is 5.10 Å². The summed E-state index contributed by atoms with van der Waals surface area (Å²) in [4.78, 5) is 46.9. The predicted molar refractivity (Wildman–Crippen MR) is 78.9 cm³/mol. The van der Waals surface area contributed by atoms with Gasteiger partial charge in [-0.05, 0) is 5.56 Å². The predicted octanol–water partition coefficient (Wildman–Crippen LogP) is 0.318. The molecule has 1 fully saturated rings. The van der Waals surface area contributed by atoms with E-state index in [4.69, 9.17) is 0 Å². The minimum atomic E-state index is -1.21. The molecule has 118 valence electrons. The molecule has 8 nitrogen and oxygen atoms in total. The first-order chi connectivity index (χ1) is 11.0. The monoisotopic (exact) mass is 314 g/mol. The van der Waals surface area contributed by atoms with E-state index in [1.165, 1.54) is 11.9 Å². The lowest BCUT2D eigenvalue weighted by Gasteiger charge is -2.21. The van der Waals surface area contributed by atoms with Gasteiger partial charge in [0.05, 0.1) is 11.8 Å². The molecule has 0 aliphatic carbocycles. The van der Waals surface area contributed by atoms with E-state index >= 15 is 0 Å². The van der Waals surface area contributed by atoms with Crippen LogP contribution >= 0.6 is 0 Å². The molecule has 23 heavy (non-hydrogen) atoms. The Balaban J connectivity index is 1.91. The van der Waals surface area contributed by atoms with Crippen molar-refractivity contribution in [1.82, 2.24) is 15.6 Å². The number of hydrogen-bond donors (Lipinski definition) is 2. The van der Waals surface area contributed by atoms with Gasteiger partial charge in [0.1, 0.15) is 0 Å². The molecule has 3 rings (SSSR count). The van der Waals surface area contributed by atoms with Crippen molar-refractivity contribution in [2.24, 2.45) is 11.0 Å². The average Bonchev–Trinajstić information content (AvgIpc) is 2.92. The van der Waals surface area contributed by atoms with E-state index in [0.717, 1.165) is 5.56 Å². The summed E-state index contributed by atoms with van der Waals surface area (Å²) in [5.74, 6) is -2.95. The van der Waals surface area contributed by atoms with Gasteiger partial charge in [-0.1, -0.05) is 30.3 Å². The minimum absolute atomic E-state index is 0.253. The highest BCUT2D eigenvalue weighted by Crippen LogP contribution is 2.33. The van der Waals surface area contributed by atoms with Crippen LogP contribution in [-0.4, -0.2) is 34.5 Å². The van der Waals surface area contributed by atoms with Gasteiger partial charge in [0.15, 0.2) is 5.92 Å². The summed E-state index contributed by atoms with van der Waals surface area (Å²) in [5.41, 5.74) is 1.12. The lowest BCUT2D eigenvalue weighted by molar-refractivity contribution is -0.133. The van der Waals surface area contributed by atoms with Crippen LogP contribution in [0.15, 0.2) is 35.4 Å². The van der Waals surface area contributed by atoms with Crippen LogP contribution < -0.4 is 10.6 Å². The molecule has 0 spiro atoms. The Kier molecular flexibility index (Phi) is 3.65. The molecule has 1 atom stereocenters. The number of hydrazone groups is 1. The second-order valence-electron chi connectivity index (χ2n) is 5.33. The fourth-order valence-electron chi connectivity index (χ4n) is 2.75. The van der Waals surface area contributed by atoms with Crippen molar-refractivity contribution < 1.29 is 19.2 Å². The molecule has 1 aromatic carbocycles. The SMILES string of the molecule is CC(=O)N1N=C(C2C(=O)NC(=O)NC2=O)CC1c1ccccc1. The summed E-state index contributed by atoms with van der Waals surface area (Å²) >= 11 is 0. The molecule has 1 saturated heterocycles. The van der Waals surface area contributed by atoms with Gasteiger partial charge >= 0.3 is 6.03 Å². The third-order valence-corrected chi connectivity index (χ3v) is 3.77. The van der Waals surface area contributed by atoms with Gasteiger partial charge in [-0.15, -0.1) is 0 Å². The van der Waals surface area contributed by atoms with Crippen LogP contribution in [0.5, 0.6) is 0 Å². The smallest absolute Gasteiger partial charge is 0.277 e. The van der Waals surface area contributed by atoms with Crippen LogP contribution in [0.1, 0.15) is 24.9 Å². The lowest BCUT2D eigenvalue weighted by Crippen LogP contribution is -2.57. The number of urea groups is 1. The number of nitrogens with one attached hydrogen (secondary N) is 2. The van der Waals surface area contributed by atoms with E-state index in [9.17, 15) is 19.2 Å². The van der Waals surface area contributed by atoms with Crippen molar-refractivity contribution in [2.75, 3.05) is 0 Å². The van der Waals surface area contributed by atoms with Gasteiger partial charge in [-0.25, -0.2) is 9.80 Å². The molecule has 2 aliphatic rings. The van der Waals surface area contributed by atoms with Gasteiger partial charge in [0, 0.05) is 13.3 Å². The number of amides is 5. The van der Waals surface area contributed by atoms with E-state index in [1.807, 2.05) is 41.0 Å². The Labute approximate surface area is 131 Å². The molecular weight excluding hydrogens is 300 g/mol. The minimum Gasteiger partial charge on any atom is -0.277 e. The number of imide groups is 2. The third kappa shape index (κ3) is 2.70. The van der Waals surface area contributed by atoms with Crippen molar-refractivity contribution in [3.63, 3.8) is 0 Å². The zero-order valence-corrected chi connectivity index (χ0v) is 12.3. The van der Waals surface area contributed by atoms with Gasteiger partial charge in [0.25, 0.3) is 0 Å². The number of hydrogen-bond acceptors (Lipinski definition) is 5. The van der Waals surface area contributed by atoms with E-state index in [1.54, 1.807) is 0 Å². The Morgan fingerprint density at radius 1 is 1.13 bits per heavy atom. The number of benzene rings is 1. The van der Waals surface area contributed by atoms with Crippen LogP contribution in [0.3, 0.4) is 0 Å². The van der Waals surface area contributed by atoms with E-state index in [2.05, 4.69) is 5.10 Å². The first-order valence-electron chi connectivity index (χ1n) is 7.05. The average molecular weight is 314 g/mol. The zero-order valence-electron chi connectivity index (χ0n) is 12.3. The fourth-order valence-corrected chi connectivity index (χ4v) is 2.75. The Bertz CT molecular complexity index is 708. The van der Waals surface area contributed by atoms with Crippen LogP contribution in [0.25, 0.3) is 0 Å². The van der Waals surface area contributed by atoms with Crippen molar-refractivity contribution in [3.05, 3.63) is 35.9 Å². The van der Waals surface area contributed by atoms with E-state index < -0.39 is 23.8 Å².